The molecule has 156 valence electrons. The molecule has 1 fully saturated rings. The average Bonchev–Trinajstić information content (AvgIpc) is 3.28. The second-order valence-corrected chi connectivity index (χ2v) is 8.23. The molecule has 1 saturated heterocycles. The number of benzene rings is 2. The number of rotatable bonds is 4. The van der Waals surface area contributed by atoms with Gasteiger partial charge >= 0.3 is 0 Å². The van der Waals surface area contributed by atoms with Crippen LogP contribution in [0.15, 0.2) is 71.4 Å². The molecule has 3 heterocycles. The number of halogens is 1. The van der Waals surface area contributed by atoms with Gasteiger partial charge in [0.05, 0.1) is 6.20 Å². The summed E-state index contributed by atoms with van der Waals surface area (Å²) in [6.07, 6.45) is 6.81. The number of hydrogen-bond acceptors (Lipinski definition) is 4. The number of hydrogen-bond donors (Lipinski definition) is 0. The first-order valence-electron chi connectivity index (χ1n) is 10.5. The molecule has 0 N–H and O–H groups in total. The summed E-state index contributed by atoms with van der Waals surface area (Å²) in [6.45, 7) is 0.663. The lowest BCUT2D eigenvalue weighted by molar-refractivity contribution is 0.0566. The zero-order chi connectivity index (χ0) is 21.2. The van der Waals surface area contributed by atoms with Gasteiger partial charge in [0, 0.05) is 29.6 Å². The lowest BCUT2D eigenvalue weighted by atomic mass is 10.0. The van der Waals surface area contributed by atoms with E-state index in [-0.39, 0.29) is 11.9 Å². The van der Waals surface area contributed by atoms with E-state index in [0.29, 0.717) is 29.6 Å². The molecule has 2 aromatic heterocycles. The van der Waals surface area contributed by atoms with Gasteiger partial charge in [0.2, 0.25) is 5.89 Å². The van der Waals surface area contributed by atoms with E-state index in [1.165, 1.54) is 0 Å². The van der Waals surface area contributed by atoms with Crippen LogP contribution in [0.2, 0.25) is 5.02 Å². The maximum atomic E-state index is 13.5. The van der Waals surface area contributed by atoms with Crippen molar-refractivity contribution < 1.29 is 9.21 Å². The molecule has 0 saturated carbocycles. The van der Waals surface area contributed by atoms with Crippen molar-refractivity contribution in [2.45, 2.75) is 31.7 Å². The topological polar surface area (TPSA) is 59.2 Å². The summed E-state index contributed by atoms with van der Waals surface area (Å²) >= 11 is 6.29. The van der Waals surface area contributed by atoms with E-state index in [2.05, 4.69) is 9.97 Å². The third-order valence-electron chi connectivity index (χ3n) is 5.82. The molecule has 1 amide bonds. The van der Waals surface area contributed by atoms with Crippen LogP contribution in [-0.4, -0.2) is 27.3 Å². The summed E-state index contributed by atoms with van der Waals surface area (Å²) in [7, 11) is 0. The predicted octanol–water partition coefficient (Wildman–Crippen LogP) is 5.83. The minimum atomic E-state index is -0.193. The molecule has 1 aliphatic rings. The Kier molecular flexibility index (Phi) is 5.43. The average molecular weight is 432 g/mol. The SMILES string of the molecule is O=C(c1nccc2ccccc12)N1CCCC[C@H]1c1ncc(Cc2ccccc2Cl)o1. The zero-order valence-electron chi connectivity index (χ0n) is 17.0. The van der Waals surface area contributed by atoms with Crippen molar-refractivity contribution in [2.75, 3.05) is 6.54 Å². The number of carbonyl (C=O) groups is 1. The molecule has 1 aliphatic heterocycles. The molecule has 0 bridgehead atoms. The molecule has 0 radical (unpaired) electrons. The third kappa shape index (κ3) is 3.93. The highest BCUT2D eigenvalue weighted by atomic mass is 35.5. The standard InChI is InChI=1S/C25H22ClN3O2/c26-21-10-4-2-8-18(21)15-19-16-28-24(31-19)22-11-5-6-14-29(22)25(30)23-20-9-3-1-7-17(20)12-13-27-23/h1-4,7-10,12-13,16,22H,5-6,11,14-15H2/t22-/m0/s1. The molecule has 1 atom stereocenters. The number of nitrogens with zero attached hydrogens (tertiary/aromatic N) is 3. The van der Waals surface area contributed by atoms with E-state index in [9.17, 15) is 4.79 Å². The summed E-state index contributed by atoms with van der Waals surface area (Å²) in [6, 6.07) is 17.3. The van der Waals surface area contributed by atoms with Crippen molar-refractivity contribution in [1.29, 1.82) is 0 Å². The number of amides is 1. The first kappa shape index (κ1) is 19.8. The van der Waals surface area contributed by atoms with Crippen molar-refractivity contribution in [3.8, 4) is 0 Å². The molecular formula is C25H22ClN3O2. The third-order valence-corrected chi connectivity index (χ3v) is 6.19. The van der Waals surface area contributed by atoms with Gasteiger partial charge in [-0.15, -0.1) is 0 Å². The quantitative estimate of drug-likeness (QED) is 0.407. The Hall–Kier alpha value is -3.18. The first-order chi connectivity index (χ1) is 15.2. The van der Waals surface area contributed by atoms with E-state index in [1.807, 2.05) is 59.5 Å². The van der Waals surface area contributed by atoms with Gasteiger partial charge in [-0.05, 0) is 42.3 Å². The Balaban J connectivity index is 1.43. The summed E-state index contributed by atoms with van der Waals surface area (Å²) in [5, 5.41) is 2.58. The van der Waals surface area contributed by atoms with Crippen LogP contribution in [0.5, 0.6) is 0 Å². The Bertz CT molecular complexity index is 1230. The van der Waals surface area contributed by atoms with Crippen molar-refractivity contribution in [2.24, 2.45) is 0 Å². The monoisotopic (exact) mass is 431 g/mol. The first-order valence-corrected chi connectivity index (χ1v) is 10.9. The van der Waals surface area contributed by atoms with Crippen molar-refractivity contribution >= 4 is 28.3 Å². The lowest BCUT2D eigenvalue weighted by Crippen LogP contribution is -2.39. The van der Waals surface area contributed by atoms with Crippen molar-refractivity contribution in [3.05, 3.63) is 94.9 Å². The van der Waals surface area contributed by atoms with Gasteiger partial charge in [-0.3, -0.25) is 9.78 Å². The largest absolute Gasteiger partial charge is 0.443 e. The fourth-order valence-corrected chi connectivity index (χ4v) is 4.45. The molecule has 31 heavy (non-hydrogen) atoms. The van der Waals surface area contributed by atoms with Gasteiger partial charge < -0.3 is 9.32 Å². The maximum Gasteiger partial charge on any atom is 0.273 e. The minimum Gasteiger partial charge on any atom is -0.443 e. The maximum absolute atomic E-state index is 13.5. The van der Waals surface area contributed by atoms with Crippen LogP contribution in [0.3, 0.4) is 0 Å². The molecule has 4 aromatic rings. The van der Waals surface area contributed by atoms with Gasteiger partial charge in [-0.2, -0.15) is 0 Å². The van der Waals surface area contributed by atoms with Crippen LogP contribution in [0.4, 0.5) is 0 Å². The fraction of sp³-hybridized carbons (Fsp3) is 0.240. The van der Waals surface area contributed by atoms with E-state index >= 15 is 0 Å². The summed E-state index contributed by atoms with van der Waals surface area (Å²) in [5.74, 6) is 1.24. The molecule has 0 unspecified atom stereocenters. The van der Waals surface area contributed by atoms with Crippen LogP contribution < -0.4 is 0 Å². The van der Waals surface area contributed by atoms with E-state index in [4.69, 9.17) is 16.0 Å². The van der Waals surface area contributed by atoms with Crippen LogP contribution in [-0.2, 0) is 6.42 Å². The Morgan fingerprint density at radius 3 is 2.81 bits per heavy atom. The summed E-state index contributed by atoms with van der Waals surface area (Å²) < 4.78 is 6.10. The number of likely N-dealkylation sites (tertiary alicyclic amines) is 1. The second kappa shape index (κ2) is 8.52. The van der Waals surface area contributed by atoms with Crippen molar-refractivity contribution in [1.82, 2.24) is 14.9 Å². The van der Waals surface area contributed by atoms with Gasteiger partial charge in [0.25, 0.3) is 5.91 Å². The van der Waals surface area contributed by atoms with E-state index < -0.39 is 0 Å². The van der Waals surface area contributed by atoms with E-state index in [0.717, 1.165) is 41.4 Å². The van der Waals surface area contributed by atoms with Crippen LogP contribution in [0.1, 0.15) is 53.0 Å². The number of fused-ring (bicyclic) bond motifs is 1. The van der Waals surface area contributed by atoms with Gasteiger partial charge in [-0.1, -0.05) is 54.1 Å². The van der Waals surface area contributed by atoms with E-state index in [1.54, 1.807) is 12.4 Å². The molecule has 5 nitrogen and oxygen atoms in total. The number of pyridine rings is 1. The molecular weight excluding hydrogens is 410 g/mol. The highest BCUT2D eigenvalue weighted by Crippen LogP contribution is 2.33. The molecule has 5 rings (SSSR count). The Labute approximate surface area is 185 Å². The zero-order valence-corrected chi connectivity index (χ0v) is 17.8. The molecule has 0 spiro atoms. The van der Waals surface area contributed by atoms with Gasteiger partial charge in [-0.25, -0.2) is 4.98 Å². The Morgan fingerprint density at radius 1 is 1.06 bits per heavy atom. The number of aromatic nitrogens is 2. The normalized spacial score (nSPS) is 16.5. The molecule has 6 heteroatoms. The van der Waals surface area contributed by atoms with Gasteiger partial charge in [0.15, 0.2) is 0 Å². The van der Waals surface area contributed by atoms with Crippen LogP contribution in [0, 0.1) is 0 Å². The summed E-state index contributed by atoms with van der Waals surface area (Å²) in [4.78, 5) is 24.3. The predicted molar refractivity (Wildman–Crippen MR) is 120 cm³/mol. The number of carbonyl (C=O) groups excluding carboxylic acids is 1. The highest BCUT2D eigenvalue weighted by Gasteiger charge is 2.33. The minimum absolute atomic E-state index is 0.0765. The van der Waals surface area contributed by atoms with Crippen molar-refractivity contribution in [3.63, 3.8) is 0 Å². The van der Waals surface area contributed by atoms with Crippen LogP contribution >= 0.6 is 11.6 Å². The number of oxazole rings is 1. The smallest absolute Gasteiger partial charge is 0.273 e. The lowest BCUT2D eigenvalue weighted by Gasteiger charge is -2.33. The highest BCUT2D eigenvalue weighted by molar-refractivity contribution is 6.31. The molecule has 2 aromatic carbocycles. The number of piperidine rings is 1. The van der Waals surface area contributed by atoms with Gasteiger partial charge in [0.1, 0.15) is 17.5 Å². The van der Waals surface area contributed by atoms with Crippen LogP contribution in [0.25, 0.3) is 10.8 Å². The fourth-order valence-electron chi connectivity index (χ4n) is 4.25. The Morgan fingerprint density at radius 2 is 1.90 bits per heavy atom. The second-order valence-electron chi connectivity index (χ2n) is 7.82. The summed E-state index contributed by atoms with van der Waals surface area (Å²) in [5.41, 5.74) is 1.47. The molecule has 0 aliphatic carbocycles.